The SMILES string of the molecule is CCOC(=O)CO.CCOC(=O)c1ccccc1C(=O)OCC. The van der Waals surface area contributed by atoms with Crippen LogP contribution in [-0.4, -0.2) is 49.4 Å². The molecule has 1 aromatic carbocycles. The largest absolute Gasteiger partial charge is 0.464 e. The fourth-order valence-electron chi connectivity index (χ4n) is 1.46. The van der Waals surface area contributed by atoms with Gasteiger partial charge in [0.1, 0.15) is 6.61 Å². The number of aliphatic hydroxyl groups is 1. The van der Waals surface area contributed by atoms with Gasteiger partial charge < -0.3 is 19.3 Å². The van der Waals surface area contributed by atoms with Gasteiger partial charge in [-0.15, -0.1) is 0 Å². The van der Waals surface area contributed by atoms with Crippen LogP contribution < -0.4 is 0 Å². The van der Waals surface area contributed by atoms with Crippen LogP contribution in [0.4, 0.5) is 0 Å². The third-order valence-corrected chi connectivity index (χ3v) is 2.35. The van der Waals surface area contributed by atoms with Crippen LogP contribution in [0.25, 0.3) is 0 Å². The highest BCUT2D eigenvalue weighted by Crippen LogP contribution is 2.11. The molecule has 1 N–H and O–H groups in total. The van der Waals surface area contributed by atoms with E-state index in [2.05, 4.69) is 4.74 Å². The summed E-state index contributed by atoms with van der Waals surface area (Å²) in [7, 11) is 0. The van der Waals surface area contributed by atoms with Crippen LogP contribution in [0.2, 0.25) is 0 Å². The van der Waals surface area contributed by atoms with Gasteiger partial charge >= 0.3 is 17.9 Å². The van der Waals surface area contributed by atoms with Crippen LogP contribution in [0.3, 0.4) is 0 Å². The number of rotatable bonds is 6. The summed E-state index contributed by atoms with van der Waals surface area (Å²) >= 11 is 0. The van der Waals surface area contributed by atoms with Crippen molar-refractivity contribution in [3.8, 4) is 0 Å². The first-order valence-electron chi connectivity index (χ1n) is 7.21. The molecule has 0 aliphatic carbocycles. The number of ether oxygens (including phenoxy) is 3. The molecule has 0 aliphatic rings. The molecule has 7 nitrogen and oxygen atoms in total. The van der Waals surface area contributed by atoms with E-state index >= 15 is 0 Å². The van der Waals surface area contributed by atoms with Crippen molar-refractivity contribution in [2.45, 2.75) is 20.8 Å². The number of benzene rings is 1. The molecule has 0 atom stereocenters. The molecule has 128 valence electrons. The molecule has 0 saturated heterocycles. The molecule has 0 heterocycles. The summed E-state index contributed by atoms with van der Waals surface area (Å²) < 4.78 is 14.0. The summed E-state index contributed by atoms with van der Waals surface area (Å²) in [5.41, 5.74) is 0.477. The smallest absolute Gasteiger partial charge is 0.338 e. The number of hydrogen-bond acceptors (Lipinski definition) is 7. The highest BCUT2D eigenvalue weighted by molar-refractivity contribution is 6.03. The first kappa shape index (κ1) is 20.6. The van der Waals surface area contributed by atoms with Crippen LogP contribution >= 0.6 is 0 Å². The van der Waals surface area contributed by atoms with Crippen molar-refractivity contribution in [3.63, 3.8) is 0 Å². The molecule has 0 spiro atoms. The number of carbonyl (C=O) groups is 3. The number of carbonyl (C=O) groups excluding carboxylic acids is 3. The number of aliphatic hydroxyl groups excluding tert-OH is 1. The van der Waals surface area contributed by atoms with Gasteiger partial charge in [-0.05, 0) is 32.9 Å². The van der Waals surface area contributed by atoms with E-state index in [-0.39, 0.29) is 24.3 Å². The van der Waals surface area contributed by atoms with Crippen molar-refractivity contribution in [1.82, 2.24) is 0 Å². The predicted molar refractivity (Wildman–Crippen MR) is 82.1 cm³/mol. The van der Waals surface area contributed by atoms with Crippen LogP contribution in [0.5, 0.6) is 0 Å². The van der Waals surface area contributed by atoms with E-state index in [0.717, 1.165) is 0 Å². The quantitative estimate of drug-likeness (QED) is 0.626. The molecule has 1 rings (SSSR count). The average Bonchev–Trinajstić information content (AvgIpc) is 2.56. The fraction of sp³-hybridized carbons (Fsp3) is 0.438. The van der Waals surface area contributed by atoms with Crippen LogP contribution in [0, 0.1) is 0 Å². The maximum Gasteiger partial charge on any atom is 0.338 e. The van der Waals surface area contributed by atoms with E-state index in [0.29, 0.717) is 6.61 Å². The van der Waals surface area contributed by atoms with E-state index in [1.165, 1.54) is 0 Å². The lowest BCUT2D eigenvalue weighted by Crippen LogP contribution is -2.13. The van der Waals surface area contributed by atoms with E-state index in [4.69, 9.17) is 14.6 Å². The Hall–Kier alpha value is -2.41. The molecule has 0 amide bonds. The van der Waals surface area contributed by atoms with Gasteiger partial charge in [-0.2, -0.15) is 0 Å². The van der Waals surface area contributed by atoms with E-state index in [9.17, 15) is 14.4 Å². The molecule has 23 heavy (non-hydrogen) atoms. The summed E-state index contributed by atoms with van der Waals surface area (Å²) in [5, 5.41) is 7.99. The first-order valence-corrected chi connectivity index (χ1v) is 7.21. The fourth-order valence-corrected chi connectivity index (χ4v) is 1.46. The summed E-state index contributed by atoms with van der Waals surface area (Å²) in [6.45, 7) is 5.47. The van der Waals surface area contributed by atoms with Crippen LogP contribution in [-0.2, 0) is 19.0 Å². The third-order valence-electron chi connectivity index (χ3n) is 2.35. The molecule has 0 bridgehead atoms. The predicted octanol–water partition coefficient (Wildman–Crippen LogP) is 1.58. The Bertz CT molecular complexity index is 474. The molecule has 1 aromatic rings. The normalized spacial score (nSPS) is 9.22. The zero-order valence-corrected chi connectivity index (χ0v) is 13.5. The average molecular weight is 326 g/mol. The lowest BCUT2D eigenvalue weighted by Gasteiger charge is -2.07. The van der Waals surface area contributed by atoms with Gasteiger partial charge in [-0.1, -0.05) is 12.1 Å². The molecule has 0 aromatic heterocycles. The molecule has 0 fully saturated rings. The van der Waals surface area contributed by atoms with E-state index in [1.54, 1.807) is 45.0 Å². The van der Waals surface area contributed by atoms with Gasteiger partial charge in [0.25, 0.3) is 0 Å². The Morgan fingerprint density at radius 2 is 1.22 bits per heavy atom. The molecule has 7 heteroatoms. The lowest BCUT2D eigenvalue weighted by molar-refractivity contribution is -0.146. The lowest BCUT2D eigenvalue weighted by atomic mass is 10.1. The second kappa shape index (κ2) is 12.2. The molecule has 0 saturated carbocycles. The maximum atomic E-state index is 11.5. The van der Waals surface area contributed by atoms with Crippen molar-refractivity contribution in [3.05, 3.63) is 35.4 Å². The van der Waals surface area contributed by atoms with Gasteiger partial charge in [0.2, 0.25) is 0 Å². The maximum absolute atomic E-state index is 11.5. The molecular formula is C16H22O7. The van der Waals surface area contributed by atoms with Crippen molar-refractivity contribution < 1.29 is 33.7 Å². The zero-order valence-electron chi connectivity index (χ0n) is 13.5. The molecule has 0 aliphatic heterocycles. The molecule has 0 unspecified atom stereocenters. The minimum absolute atomic E-state index is 0.239. The Labute approximate surface area is 135 Å². The standard InChI is InChI=1S/C12H14O4.C4H8O3/c1-3-15-11(13)9-7-5-6-8-10(9)12(14)16-4-2;1-2-7-4(6)3-5/h5-8H,3-4H2,1-2H3;5H,2-3H2,1H3. The van der Waals surface area contributed by atoms with Crippen LogP contribution in [0.1, 0.15) is 41.5 Å². The third kappa shape index (κ3) is 7.96. The zero-order chi connectivity index (χ0) is 17.7. The van der Waals surface area contributed by atoms with Gasteiger partial charge in [0.15, 0.2) is 0 Å². The van der Waals surface area contributed by atoms with Gasteiger partial charge in [0, 0.05) is 0 Å². The van der Waals surface area contributed by atoms with Gasteiger partial charge in [-0.3, -0.25) is 0 Å². The monoisotopic (exact) mass is 326 g/mol. The minimum atomic E-state index is -0.567. The number of esters is 3. The Morgan fingerprint density at radius 3 is 1.48 bits per heavy atom. The highest BCUT2D eigenvalue weighted by atomic mass is 16.5. The second-order valence-corrected chi connectivity index (χ2v) is 3.95. The number of hydrogen-bond donors (Lipinski definition) is 1. The second-order valence-electron chi connectivity index (χ2n) is 3.95. The highest BCUT2D eigenvalue weighted by Gasteiger charge is 2.17. The summed E-state index contributed by atoms with van der Waals surface area (Å²) in [4.78, 5) is 33.0. The van der Waals surface area contributed by atoms with E-state index < -0.39 is 24.5 Å². The van der Waals surface area contributed by atoms with Crippen molar-refractivity contribution in [2.75, 3.05) is 26.4 Å². The molecular weight excluding hydrogens is 304 g/mol. The van der Waals surface area contributed by atoms with Crippen LogP contribution in [0.15, 0.2) is 24.3 Å². The molecule has 0 radical (unpaired) electrons. The van der Waals surface area contributed by atoms with Crippen molar-refractivity contribution in [2.24, 2.45) is 0 Å². The summed E-state index contributed by atoms with van der Waals surface area (Å²) in [5.74, 6) is -1.58. The summed E-state index contributed by atoms with van der Waals surface area (Å²) in [6, 6.07) is 6.44. The van der Waals surface area contributed by atoms with Crippen molar-refractivity contribution >= 4 is 17.9 Å². The Morgan fingerprint density at radius 1 is 0.826 bits per heavy atom. The Balaban J connectivity index is 0.000000585. The van der Waals surface area contributed by atoms with Gasteiger partial charge in [0.05, 0.1) is 30.9 Å². The first-order chi connectivity index (χ1) is 11.0. The van der Waals surface area contributed by atoms with E-state index in [1.807, 2.05) is 0 Å². The van der Waals surface area contributed by atoms with Gasteiger partial charge in [-0.25, -0.2) is 14.4 Å². The Kier molecular flexibility index (Phi) is 10.9. The summed E-state index contributed by atoms with van der Waals surface area (Å²) in [6.07, 6.45) is 0. The topological polar surface area (TPSA) is 99.1 Å². The minimum Gasteiger partial charge on any atom is -0.464 e. The van der Waals surface area contributed by atoms with Crippen molar-refractivity contribution in [1.29, 1.82) is 0 Å².